The quantitative estimate of drug-likeness (QED) is 0.669. The highest BCUT2D eigenvalue weighted by molar-refractivity contribution is 5.93. The lowest BCUT2D eigenvalue weighted by atomic mass is 10.1. The van der Waals surface area contributed by atoms with E-state index in [1.54, 1.807) is 35.4 Å². The van der Waals surface area contributed by atoms with Crippen LogP contribution in [0.5, 0.6) is 0 Å². The zero-order valence-electron chi connectivity index (χ0n) is 17.5. The molecule has 0 aromatic carbocycles. The first kappa shape index (κ1) is 20.7. The number of fused-ring (bicyclic) bond motifs is 1. The number of pyridine rings is 2. The number of carbonyl (C=O) groups is 1. The van der Waals surface area contributed by atoms with E-state index >= 15 is 4.39 Å². The Morgan fingerprint density at radius 3 is 2.77 bits per heavy atom. The van der Waals surface area contributed by atoms with E-state index in [-0.39, 0.29) is 48.9 Å². The summed E-state index contributed by atoms with van der Waals surface area (Å²) in [7, 11) is 3.60. The van der Waals surface area contributed by atoms with Gasteiger partial charge in [-0.3, -0.25) is 4.79 Å². The molecule has 2 aromatic heterocycles. The highest BCUT2D eigenvalue weighted by atomic mass is 19.1. The SMILES string of the molecule is CCOC(=O)c1cn(C2CC2)c2nc(N3CCC(F)(CN(C)C)C3)c(F)cc2c1=O. The minimum atomic E-state index is -1.45. The topological polar surface area (TPSA) is 67.7 Å². The molecule has 1 saturated heterocycles. The molecule has 1 atom stereocenters. The van der Waals surface area contributed by atoms with E-state index in [4.69, 9.17) is 4.74 Å². The van der Waals surface area contributed by atoms with Crippen LogP contribution in [0, 0.1) is 5.82 Å². The summed E-state index contributed by atoms with van der Waals surface area (Å²) in [6, 6.07) is 1.21. The molecule has 9 heteroatoms. The molecular formula is C21H26F2N4O3. The van der Waals surface area contributed by atoms with Crippen LogP contribution in [0.3, 0.4) is 0 Å². The van der Waals surface area contributed by atoms with Crippen molar-refractivity contribution in [2.75, 3.05) is 45.2 Å². The van der Waals surface area contributed by atoms with Gasteiger partial charge < -0.3 is 19.1 Å². The van der Waals surface area contributed by atoms with Crippen LogP contribution < -0.4 is 10.3 Å². The van der Waals surface area contributed by atoms with Crippen molar-refractivity contribution in [3.63, 3.8) is 0 Å². The monoisotopic (exact) mass is 420 g/mol. The van der Waals surface area contributed by atoms with Crippen molar-refractivity contribution >= 4 is 22.8 Å². The van der Waals surface area contributed by atoms with Crippen molar-refractivity contribution in [3.05, 3.63) is 33.9 Å². The molecule has 3 heterocycles. The van der Waals surface area contributed by atoms with E-state index in [0.717, 1.165) is 18.9 Å². The van der Waals surface area contributed by atoms with E-state index in [9.17, 15) is 14.0 Å². The van der Waals surface area contributed by atoms with E-state index in [1.165, 1.54) is 6.20 Å². The molecule has 0 bridgehead atoms. The summed E-state index contributed by atoms with van der Waals surface area (Å²) in [5.74, 6) is -1.38. The fourth-order valence-corrected chi connectivity index (χ4v) is 4.16. The van der Waals surface area contributed by atoms with Crippen LogP contribution in [-0.4, -0.2) is 66.4 Å². The maximum absolute atomic E-state index is 15.1. The summed E-state index contributed by atoms with van der Waals surface area (Å²) in [6.45, 7) is 2.42. The zero-order chi connectivity index (χ0) is 21.6. The summed E-state index contributed by atoms with van der Waals surface area (Å²) >= 11 is 0. The van der Waals surface area contributed by atoms with Crippen LogP contribution >= 0.6 is 0 Å². The number of esters is 1. The molecule has 162 valence electrons. The third kappa shape index (κ3) is 3.78. The lowest BCUT2D eigenvalue weighted by Crippen LogP contribution is -2.39. The van der Waals surface area contributed by atoms with Crippen molar-refractivity contribution in [2.45, 2.75) is 37.9 Å². The normalized spacial score (nSPS) is 21.6. The first-order valence-electron chi connectivity index (χ1n) is 10.2. The lowest BCUT2D eigenvalue weighted by molar-refractivity contribution is 0.0524. The Labute approximate surface area is 173 Å². The van der Waals surface area contributed by atoms with Gasteiger partial charge in [-0.25, -0.2) is 18.6 Å². The lowest BCUT2D eigenvalue weighted by Gasteiger charge is -2.25. The molecule has 30 heavy (non-hydrogen) atoms. The zero-order valence-corrected chi connectivity index (χ0v) is 17.5. The fraction of sp³-hybridized carbons (Fsp3) is 0.571. The number of halogens is 2. The van der Waals surface area contributed by atoms with E-state index < -0.39 is 22.9 Å². The summed E-state index contributed by atoms with van der Waals surface area (Å²) in [4.78, 5) is 32.9. The Morgan fingerprint density at radius 1 is 1.40 bits per heavy atom. The number of carbonyl (C=O) groups excluding carboxylic acids is 1. The Balaban J connectivity index is 1.79. The average molecular weight is 420 g/mol. The van der Waals surface area contributed by atoms with Gasteiger partial charge in [0.15, 0.2) is 11.6 Å². The molecule has 4 rings (SSSR count). The Kier molecular flexibility index (Phi) is 5.25. The molecule has 1 aliphatic heterocycles. The molecular weight excluding hydrogens is 394 g/mol. The highest BCUT2D eigenvalue weighted by Crippen LogP contribution is 2.38. The van der Waals surface area contributed by atoms with Gasteiger partial charge >= 0.3 is 5.97 Å². The second-order valence-corrected chi connectivity index (χ2v) is 8.46. The highest BCUT2D eigenvalue weighted by Gasteiger charge is 2.40. The molecule has 1 unspecified atom stereocenters. The number of rotatable bonds is 6. The van der Waals surface area contributed by atoms with Gasteiger partial charge in [0.25, 0.3) is 0 Å². The largest absolute Gasteiger partial charge is 0.462 e. The number of hydrogen-bond acceptors (Lipinski definition) is 6. The second kappa shape index (κ2) is 7.61. The Hall–Kier alpha value is -2.55. The third-order valence-corrected chi connectivity index (χ3v) is 5.58. The molecule has 2 aromatic rings. The number of aromatic nitrogens is 2. The maximum atomic E-state index is 15.1. The summed E-state index contributed by atoms with van der Waals surface area (Å²) in [6.07, 6.45) is 3.51. The van der Waals surface area contributed by atoms with Gasteiger partial charge in [-0.05, 0) is 39.9 Å². The van der Waals surface area contributed by atoms with E-state index in [0.29, 0.717) is 12.2 Å². The first-order valence-corrected chi connectivity index (χ1v) is 10.2. The predicted octanol–water partition coefficient (Wildman–Crippen LogP) is 2.53. The minimum absolute atomic E-state index is 0.0349. The van der Waals surface area contributed by atoms with Crippen LogP contribution in [0.2, 0.25) is 0 Å². The summed E-state index contributed by atoms with van der Waals surface area (Å²) in [5, 5.41) is 0.0349. The van der Waals surface area contributed by atoms with Gasteiger partial charge in [-0.1, -0.05) is 0 Å². The third-order valence-electron chi connectivity index (χ3n) is 5.58. The Bertz CT molecular complexity index is 1050. The maximum Gasteiger partial charge on any atom is 0.343 e. The second-order valence-electron chi connectivity index (χ2n) is 8.46. The molecule has 2 aliphatic rings. The number of alkyl halides is 1. The van der Waals surface area contributed by atoms with Gasteiger partial charge in [0.05, 0.1) is 18.5 Å². The molecule has 0 radical (unpaired) electrons. The van der Waals surface area contributed by atoms with Crippen LogP contribution in [0.1, 0.15) is 42.6 Å². The molecule has 1 saturated carbocycles. The van der Waals surface area contributed by atoms with Crippen molar-refractivity contribution < 1.29 is 18.3 Å². The van der Waals surface area contributed by atoms with Gasteiger partial charge in [0.1, 0.15) is 16.9 Å². The number of nitrogens with zero attached hydrogens (tertiary/aromatic N) is 4. The minimum Gasteiger partial charge on any atom is -0.462 e. The van der Waals surface area contributed by atoms with Crippen molar-refractivity contribution in [1.29, 1.82) is 0 Å². The van der Waals surface area contributed by atoms with Gasteiger partial charge in [0, 0.05) is 31.7 Å². The Morgan fingerprint density at radius 2 is 2.13 bits per heavy atom. The van der Waals surface area contributed by atoms with Crippen molar-refractivity contribution in [3.8, 4) is 0 Å². The van der Waals surface area contributed by atoms with Crippen molar-refractivity contribution in [1.82, 2.24) is 14.5 Å². The summed E-state index contributed by atoms with van der Waals surface area (Å²) in [5.41, 5.74) is -1.86. The molecule has 0 amide bonds. The molecule has 1 aliphatic carbocycles. The summed E-state index contributed by atoms with van der Waals surface area (Å²) < 4.78 is 36.8. The van der Waals surface area contributed by atoms with Crippen molar-refractivity contribution in [2.24, 2.45) is 0 Å². The first-order chi connectivity index (χ1) is 14.2. The van der Waals surface area contributed by atoms with Crippen LogP contribution in [0.4, 0.5) is 14.6 Å². The fourth-order valence-electron chi connectivity index (χ4n) is 4.16. The standard InChI is InChI=1S/C21H26F2N4O3/c1-4-30-20(29)15-10-27(13-5-6-13)18-14(17(15)28)9-16(22)19(24-18)26-8-7-21(23,12-26)11-25(2)3/h9-10,13H,4-8,11-12H2,1-3H3. The average Bonchev–Trinajstić information content (AvgIpc) is 3.44. The molecule has 0 N–H and O–H groups in total. The molecule has 7 nitrogen and oxygen atoms in total. The van der Waals surface area contributed by atoms with Crippen LogP contribution in [0.15, 0.2) is 17.1 Å². The van der Waals surface area contributed by atoms with Gasteiger partial charge in [-0.2, -0.15) is 0 Å². The van der Waals surface area contributed by atoms with E-state index in [2.05, 4.69) is 4.98 Å². The predicted molar refractivity (Wildman–Crippen MR) is 109 cm³/mol. The van der Waals surface area contributed by atoms with Crippen LogP contribution in [-0.2, 0) is 4.74 Å². The molecule has 0 spiro atoms. The number of ether oxygens (including phenoxy) is 1. The van der Waals surface area contributed by atoms with Gasteiger partial charge in [0.2, 0.25) is 5.43 Å². The number of anilines is 1. The van der Waals surface area contributed by atoms with Crippen LogP contribution in [0.25, 0.3) is 11.0 Å². The van der Waals surface area contributed by atoms with E-state index in [1.807, 2.05) is 0 Å². The van der Waals surface area contributed by atoms with Gasteiger partial charge in [-0.15, -0.1) is 0 Å². The smallest absolute Gasteiger partial charge is 0.343 e. The molecule has 2 fully saturated rings. The number of hydrogen-bond donors (Lipinski definition) is 0.